The second kappa shape index (κ2) is 6.79. The maximum absolute atomic E-state index is 3.70. The monoisotopic (exact) mass is 282 g/mol. The Hall–Kier alpha value is -0.0800. The fourth-order valence-corrected chi connectivity index (χ4v) is 2.92. The first kappa shape index (κ1) is 18.0. The van der Waals surface area contributed by atoms with Gasteiger partial charge in [-0.15, -0.1) is 0 Å². The number of nitrogens with zero attached hydrogens (tertiary/aromatic N) is 1. The molecule has 0 bridgehead atoms. The molecule has 1 N–H and O–H groups in total. The van der Waals surface area contributed by atoms with E-state index in [-0.39, 0.29) is 5.54 Å². The molecule has 1 fully saturated rings. The summed E-state index contributed by atoms with van der Waals surface area (Å²) in [6, 6.07) is 0. The minimum Gasteiger partial charge on any atom is -0.311 e. The Kier molecular flexibility index (Phi) is 6.10. The van der Waals surface area contributed by atoms with Crippen molar-refractivity contribution in [2.45, 2.75) is 79.7 Å². The maximum Gasteiger partial charge on any atom is 0.00967 e. The SMILES string of the molecule is CCC1(C)CCN(CC(C)(CC)CNC(C)(C)C)CC1. The Morgan fingerprint density at radius 1 is 1.05 bits per heavy atom. The van der Waals surface area contributed by atoms with Crippen molar-refractivity contribution in [1.82, 2.24) is 10.2 Å². The molecular formula is C18H38N2. The van der Waals surface area contributed by atoms with E-state index in [0.29, 0.717) is 10.8 Å². The van der Waals surface area contributed by atoms with Crippen LogP contribution >= 0.6 is 0 Å². The van der Waals surface area contributed by atoms with E-state index in [2.05, 4.69) is 58.7 Å². The molecule has 0 spiro atoms. The summed E-state index contributed by atoms with van der Waals surface area (Å²) in [5, 5.41) is 3.70. The first-order valence-corrected chi connectivity index (χ1v) is 8.59. The van der Waals surface area contributed by atoms with Gasteiger partial charge in [-0.1, -0.05) is 34.1 Å². The molecule has 1 aliphatic rings. The van der Waals surface area contributed by atoms with Gasteiger partial charge < -0.3 is 10.2 Å². The van der Waals surface area contributed by atoms with Crippen LogP contribution in [0.1, 0.15) is 74.1 Å². The lowest BCUT2D eigenvalue weighted by molar-refractivity contribution is 0.0728. The molecule has 2 heteroatoms. The van der Waals surface area contributed by atoms with Crippen LogP contribution in [0.15, 0.2) is 0 Å². The van der Waals surface area contributed by atoms with Crippen molar-refractivity contribution in [3.8, 4) is 0 Å². The second-order valence-corrected chi connectivity index (χ2v) is 8.71. The molecule has 0 radical (unpaired) electrons. The molecule has 120 valence electrons. The van der Waals surface area contributed by atoms with Crippen LogP contribution in [0, 0.1) is 10.8 Å². The molecule has 0 aromatic heterocycles. The summed E-state index contributed by atoms with van der Waals surface area (Å²) < 4.78 is 0. The molecule has 2 nitrogen and oxygen atoms in total. The second-order valence-electron chi connectivity index (χ2n) is 8.71. The molecule has 1 rings (SSSR count). The quantitative estimate of drug-likeness (QED) is 0.781. The van der Waals surface area contributed by atoms with Crippen molar-refractivity contribution >= 4 is 0 Å². The Bertz CT molecular complexity index is 284. The molecule has 20 heavy (non-hydrogen) atoms. The zero-order valence-electron chi connectivity index (χ0n) is 15.1. The van der Waals surface area contributed by atoms with E-state index >= 15 is 0 Å². The first-order valence-electron chi connectivity index (χ1n) is 8.59. The normalized spacial score (nSPS) is 23.6. The molecule has 1 saturated heterocycles. The highest BCUT2D eigenvalue weighted by Crippen LogP contribution is 2.35. The lowest BCUT2D eigenvalue weighted by atomic mass is 9.77. The summed E-state index contributed by atoms with van der Waals surface area (Å²) in [6.07, 6.45) is 5.32. The van der Waals surface area contributed by atoms with Crippen molar-refractivity contribution in [2.75, 3.05) is 26.2 Å². The number of likely N-dealkylation sites (tertiary alicyclic amines) is 1. The van der Waals surface area contributed by atoms with E-state index in [1.54, 1.807) is 0 Å². The van der Waals surface area contributed by atoms with Crippen LogP contribution in [0.4, 0.5) is 0 Å². The third-order valence-corrected chi connectivity index (χ3v) is 5.42. The number of piperidine rings is 1. The summed E-state index contributed by atoms with van der Waals surface area (Å²) in [5.41, 5.74) is 1.22. The predicted octanol–water partition coefficient (Wildman–Crippen LogP) is 4.30. The Morgan fingerprint density at radius 2 is 1.60 bits per heavy atom. The highest BCUT2D eigenvalue weighted by Gasteiger charge is 2.32. The topological polar surface area (TPSA) is 15.3 Å². The standard InChI is InChI=1S/C18H38N2/c1-8-17(6)10-12-20(13-11-17)15-18(7,9-2)14-19-16(3,4)5/h19H,8-15H2,1-7H3. The van der Waals surface area contributed by atoms with Gasteiger partial charge in [0.25, 0.3) is 0 Å². The highest BCUT2D eigenvalue weighted by atomic mass is 15.1. The van der Waals surface area contributed by atoms with Gasteiger partial charge >= 0.3 is 0 Å². The lowest BCUT2D eigenvalue weighted by Gasteiger charge is -2.43. The number of nitrogens with one attached hydrogen (secondary N) is 1. The fourth-order valence-electron chi connectivity index (χ4n) is 2.92. The van der Waals surface area contributed by atoms with Crippen molar-refractivity contribution < 1.29 is 0 Å². The van der Waals surface area contributed by atoms with Gasteiger partial charge in [-0.25, -0.2) is 0 Å². The van der Waals surface area contributed by atoms with Gasteiger partial charge in [0.05, 0.1) is 0 Å². The van der Waals surface area contributed by atoms with Gasteiger partial charge in [0.15, 0.2) is 0 Å². The number of rotatable bonds is 6. The summed E-state index contributed by atoms with van der Waals surface area (Å²) in [4.78, 5) is 2.70. The largest absolute Gasteiger partial charge is 0.311 e. The molecule has 0 aromatic carbocycles. The molecule has 1 atom stereocenters. The average molecular weight is 283 g/mol. The van der Waals surface area contributed by atoms with Crippen LogP contribution in [0.3, 0.4) is 0 Å². The predicted molar refractivity (Wildman–Crippen MR) is 90.2 cm³/mol. The van der Waals surface area contributed by atoms with E-state index in [1.165, 1.54) is 45.3 Å². The zero-order valence-corrected chi connectivity index (χ0v) is 15.1. The Morgan fingerprint density at radius 3 is 2.00 bits per heavy atom. The third-order valence-electron chi connectivity index (χ3n) is 5.42. The third kappa shape index (κ3) is 5.73. The van der Waals surface area contributed by atoms with Gasteiger partial charge in [-0.05, 0) is 64.0 Å². The Labute approximate surface area is 127 Å². The molecule has 0 amide bonds. The van der Waals surface area contributed by atoms with Crippen LogP contribution in [-0.2, 0) is 0 Å². The summed E-state index contributed by atoms with van der Waals surface area (Å²) in [5.74, 6) is 0. The van der Waals surface area contributed by atoms with Crippen molar-refractivity contribution in [3.63, 3.8) is 0 Å². The van der Waals surface area contributed by atoms with E-state index in [1.807, 2.05) is 0 Å². The molecule has 1 heterocycles. The van der Waals surface area contributed by atoms with Crippen LogP contribution < -0.4 is 5.32 Å². The molecular weight excluding hydrogens is 244 g/mol. The van der Waals surface area contributed by atoms with E-state index in [9.17, 15) is 0 Å². The van der Waals surface area contributed by atoms with Gasteiger partial charge in [0.1, 0.15) is 0 Å². The summed E-state index contributed by atoms with van der Waals surface area (Å²) in [7, 11) is 0. The summed E-state index contributed by atoms with van der Waals surface area (Å²) in [6.45, 7) is 21.3. The summed E-state index contributed by atoms with van der Waals surface area (Å²) >= 11 is 0. The van der Waals surface area contributed by atoms with E-state index in [4.69, 9.17) is 0 Å². The molecule has 1 aliphatic heterocycles. The van der Waals surface area contributed by atoms with Gasteiger partial charge in [0, 0.05) is 18.6 Å². The minimum atomic E-state index is 0.221. The average Bonchev–Trinajstić information content (AvgIpc) is 2.39. The number of hydrogen-bond donors (Lipinski definition) is 1. The minimum absolute atomic E-state index is 0.221. The molecule has 0 aliphatic carbocycles. The van der Waals surface area contributed by atoms with E-state index in [0.717, 1.165) is 6.54 Å². The van der Waals surface area contributed by atoms with Gasteiger partial charge in [-0.2, -0.15) is 0 Å². The van der Waals surface area contributed by atoms with E-state index < -0.39 is 0 Å². The van der Waals surface area contributed by atoms with Crippen molar-refractivity contribution in [2.24, 2.45) is 10.8 Å². The van der Waals surface area contributed by atoms with Gasteiger partial charge in [0.2, 0.25) is 0 Å². The zero-order chi connectivity index (χ0) is 15.4. The van der Waals surface area contributed by atoms with Crippen molar-refractivity contribution in [3.05, 3.63) is 0 Å². The van der Waals surface area contributed by atoms with Crippen molar-refractivity contribution in [1.29, 1.82) is 0 Å². The van der Waals surface area contributed by atoms with Crippen LogP contribution in [0.25, 0.3) is 0 Å². The molecule has 1 unspecified atom stereocenters. The lowest BCUT2D eigenvalue weighted by Crippen LogP contribution is -2.49. The van der Waals surface area contributed by atoms with Gasteiger partial charge in [-0.3, -0.25) is 0 Å². The Balaban J connectivity index is 2.48. The number of hydrogen-bond acceptors (Lipinski definition) is 2. The van der Waals surface area contributed by atoms with Crippen LogP contribution in [0.5, 0.6) is 0 Å². The van der Waals surface area contributed by atoms with Crippen LogP contribution in [0.2, 0.25) is 0 Å². The smallest absolute Gasteiger partial charge is 0.00967 e. The highest BCUT2D eigenvalue weighted by molar-refractivity contribution is 4.87. The van der Waals surface area contributed by atoms with Crippen LogP contribution in [-0.4, -0.2) is 36.6 Å². The first-order chi connectivity index (χ1) is 9.11. The molecule has 0 aromatic rings. The fraction of sp³-hybridized carbons (Fsp3) is 1.00. The maximum atomic E-state index is 3.70. The molecule has 0 saturated carbocycles.